The van der Waals surface area contributed by atoms with E-state index in [4.69, 9.17) is 0 Å². The Morgan fingerprint density at radius 1 is 1.69 bits per heavy atom. The van der Waals surface area contributed by atoms with E-state index in [1.807, 2.05) is 6.92 Å². The number of aliphatic hydroxyl groups is 1. The summed E-state index contributed by atoms with van der Waals surface area (Å²) in [6.07, 6.45) is 2.34. The van der Waals surface area contributed by atoms with Crippen LogP contribution in [0.15, 0.2) is 0 Å². The van der Waals surface area contributed by atoms with Gasteiger partial charge in [0.15, 0.2) is 0 Å². The number of rotatable bonds is 3. The Morgan fingerprint density at radius 2 is 2.46 bits per heavy atom. The summed E-state index contributed by atoms with van der Waals surface area (Å²) in [6.45, 7) is 3.49. The van der Waals surface area contributed by atoms with Crippen molar-refractivity contribution in [2.24, 2.45) is 0 Å². The van der Waals surface area contributed by atoms with Crippen LogP contribution in [0.2, 0.25) is 0 Å². The van der Waals surface area contributed by atoms with Gasteiger partial charge in [0.2, 0.25) is 5.91 Å². The molecule has 1 amide bonds. The number of hydrogen-bond acceptors (Lipinski definition) is 3. The molecular formula is C9H18N2O2. The third kappa shape index (κ3) is 2.67. The summed E-state index contributed by atoms with van der Waals surface area (Å²) in [4.78, 5) is 11.2. The molecule has 3 N–H and O–H groups in total. The number of nitrogens with one attached hydrogen (secondary N) is 2. The average molecular weight is 186 g/mol. The molecular weight excluding hydrogens is 168 g/mol. The van der Waals surface area contributed by atoms with Crippen LogP contribution < -0.4 is 10.6 Å². The molecule has 0 radical (unpaired) electrons. The summed E-state index contributed by atoms with van der Waals surface area (Å²) >= 11 is 0. The van der Waals surface area contributed by atoms with Gasteiger partial charge in [0.1, 0.15) is 0 Å². The van der Waals surface area contributed by atoms with Crippen LogP contribution in [0.5, 0.6) is 0 Å². The zero-order valence-corrected chi connectivity index (χ0v) is 8.10. The third-order valence-corrected chi connectivity index (χ3v) is 2.50. The van der Waals surface area contributed by atoms with E-state index < -0.39 is 5.54 Å². The summed E-state index contributed by atoms with van der Waals surface area (Å²) in [5.41, 5.74) is -0.411. The Kier molecular flexibility index (Phi) is 3.69. The Labute approximate surface area is 78.7 Å². The minimum Gasteiger partial charge on any atom is -0.394 e. The number of piperidine rings is 1. The summed E-state index contributed by atoms with van der Waals surface area (Å²) in [5, 5.41) is 15.3. The predicted molar refractivity (Wildman–Crippen MR) is 50.4 cm³/mol. The second-order valence-corrected chi connectivity index (χ2v) is 3.62. The molecule has 1 rings (SSSR count). The molecule has 4 nitrogen and oxygen atoms in total. The van der Waals surface area contributed by atoms with E-state index in [1.54, 1.807) is 0 Å². The molecule has 1 fully saturated rings. The number of hydrogen-bond donors (Lipinski definition) is 3. The molecule has 1 atom stereocenters. The van der Waals surface area contributed by atoms with Crippen LogP contribution >= 0.6 is 0 Å². The molecule has 0 aromatic carbocycles. The number of aliphatic hydroxyl groups excluding tert-OH is 1. The Morgan fingerprint density at radius 3 is 2.92 bits per heavy atom. The molecule has 0 aromatic rings. The molecule has 0 spiro atoms. The van der Waals surface area contributed by atoms with Crippen molar-refractivity contribution in [3.05, 3.63) is 0 Å². The zero-order chi connectivity index (χ0) is 9.73. The Balaban J connectivity index is 2.52. The lowest BCUT2D eigenvalue weighted by Gasteiger charge is -2.36. The van der Waals surface area contributed by atoms with Crippen LogP contribution in [0.4, 0.5) is 0 Å². The standard InChI is InChI=1S/C9H18N2O2/c1-2-8(13)11-9(7-12)4-3-5-10-6-9/h10,12H,2-7H2,1H3,(H,11,13). The van der Waals surface area contributed by atoms with Crippen LogP contribution in [0.25, 0.3) is 0 Å². The minimum atomic E-state index is -0.411. The summed E-state index contributed by atoms with van der Waals surface area (Å²) in [7, 11) is 0. The van der Waals surface area contributed by atoms with E-state index in [1.165, 1.54) is 0 Å². The molecule has 0 aliphatic carbocycles. The van der Waals surface area contributed by atoms with Gasteiger partial charge < -0.3 is 15.7 Å². The minimum absolute atomic E-state index is 0.0118. The van der Waals surface area contributed by atoms with Gasteiger partial charge in [0.25, 0.3) is 0 Å². The molecule has 0 bridgehead atoms. The maximum absolute atomic E-state index is 11.2. The van der Waals surface area contributed by atoms with Crippen LogP contribution in [0.1, 0.15) is 26.2 Å². The highest BCUT2D eigenvalue weighted by Gasteiger charge is 2.32. The number of carbonyl (C=O) groups is 1. The van der Waals surface area contributed by atoms with Gasteiger partial charge in [-0.05, 0) is 19.4 Å². The van der Waals surface area contributed by atoms with Crippen molar-refractivity contribution >= 4 is 5.91 Å². The molecule has 13 heavy (non-hydrogen) atoms. The van der Waals surface area contributed by atoms with Crippen molar-refractivity contribution < 1.29 is 9.90 Å². The van der Waals surface area contributed by atoms with Crippen molar-refractivity contribution in [1.29, 1.82) is 0 Å². The highest BCUT2D eigenvalue weighted by atomic mass is 16.3. The molecule has 1 saturated heterocycles. The van der Waals surface area contributed by atoms with Crippen LogP contribution in [0, 0.1) is 0 Å². The van der Waals surface area contributed by atoms with Crippen LogP contribution in [-0.4, -0.2) is 36.2 Å². The van der Waals surface area contributed by atoms with Crippen molar-refractivity contribution in [3.8, 4) is 0 Å². The summed E-state index contributed by atoms with van der Waals surface area (Å²) < 4.78 is 0. The van der Waals surface area contributed by atoms with E-state index in [2.05, 4.69) is 10.6 Å². The van der Waals surface area contributed by atoms with Crippen LogP contribution in [-0.2, 0) is 4.79 Å². The molecule has 1 heterocycles. The zero-order valence-electron chi connectivity index (χ0n) is 8.10. The van der Waals surface area contributed by atoms with Gasteiger partial charge >= 0.3 is 0 Å². The van der Waals surface area contributed by atoms with E-state index >= 15 is 0 Å². The van der Waals surface area contributed by atoms with Crippen molar-refractivity contribution in [2.75, 3.05) is 19.7 Å². The van der Waals surface area contributed by atoms with E-state index in [9.17, 15) is 9.90 Å². The van der Waals surface area contributed by atoms with Crippen molar-refractivity contribution in [3.63, 3.8) is 0 Å². The smallest absolute Gasteiger partial charge is 0.220 e. The molecule has 76 valence electrons. The predicted octanol–water partition coefficient (Wildman–Crippen LogP) is -0.373. The molecule has 1 unspecified atom stereocenters. The summed E-state index contributed by atoms with van der Waals surface area (Å²) in [6, 6.07) is 0. The lowest BCUT2D eigenvalue weighted by Crippen LogP contribution is -2.59. The SMILES string of the molecule is CCC(=O)NC1(CO)CCCNC1. The Bertz CT molecular complexity index is 176. The first-order valence-corrected chi connectivity index (χ1v) is 4.85. The topological polar surface area (TPSA) is 61.4 Å². The highest BCUT2D eigenvalue weighted by Crippen LogP contribution is 2.15. The molecule has 0 aromatic heterocycles. The van der Waals surface area contributed by atoms with Crippen molar-refractivity contribution in [2.45, 2.75) is 31.7 Å². The fourth-order valence-corrected chi connectivity index (χ4v) is 1.63. The van der Waals surface area contributed by atoms with Gasteiger partial charge in [0.05, 0.1) is 12.1 Å². The van der Waals surface area contributed by atoms with Gasteiger partial charge in [-0.3, -0.25) is 4.79 Å². The third-order valence-electron chi connectivity index (χ3n) is 2.50. The lowest BCUT2D eigenvalue weighted by atomic mass is 9.91. The monoisotopic (exact) mass is 186 g/mol. The van der Waals surface area contributed by atoms with Gasteiger partial charge in [-0.15, -0.1) is 0 Å². The van der Waals surface area contributed by atoms with Crippen LogP contribution in [0.3, 0.4) is 0 Å². The van der Waals surface area contributed by atoms with E-state index in [-0.39, 0.29) is 12.5 Å². The van der Waals surface area contributed by atoms with Gasteiger partial charge in [-0.1, -0.05) is 6.92 Å². The second-order valence-electron chi connectivity index (χ2n) is 3.62. The molecule has 0 saturated carbocycles. The average Bonchev–Trinajstić information content (AvgIpc) is 2.19. The molecule has 1 aliphatic rings. The quantitative estimate of drug-likeness (QED) is 0.563. The number of carbonyl (C=O) groups excluding carboxylic acids is 1. The second kappa shape index (κ2) is 4.58. The number of amides is 1. The Hall–Kier alpha value is -0.610. The first-order valence-electron chi connectivity index (χ1n) is 4.85. The molecule has 4 heteroatoms. The highest BCUT2D eigenvalue weighted by molar-refractivity contribution is 5.76. The van der Waals surface area contributed by atoms with Gasteiger partial charge in [0, 0.05) is 13.0 Å². The maximum Gasteiger partial charge on any atom is 0.220 e. The first kappa shape index (κ1) is 10.5. The summed E-state index contributed by atoms with van der Waals surface area (Å²) in [5.74, 6) is 0.0118. The lowest BCUT2D eigenvalue weighted by molar-refractivity contribution is -0.123. The fourth-order valence-electron chi connectivity index (χ4n) is 1.63. The van der Waals surface area contributed by atoms with Crippen molar-refractivity contribution in [1.82, 2.24) is 10.6 Å². The van der Waals surface area contributed by atoms with Gasteiger partial charge in [-0.25, -0.2) is 0 Å². The fraction of sp³-hybridized carbons (Fsp3) is 0.889. The first-order chi connectivity index (χ1) is 6.22. The molecule has 1 aliphatic heterocycles. The normalized spacial score (nSPS) is 28.5. The van der Waals surface area contributed by atoms with E-state index in [0.717, 1.165) is 19.4 Å². The maximum atomic E-state index is 11.2. The van der Waals surface area contributed by atoms with E-state index in [0.29, 0.717) is 13.0 Å². The largest absolute Gasteiger partial charge is 0.394 e. The van der Waals surface area contributed by atoms with Gasteiger partial charge in [-0.2, -0.15) is 0 Å².